The summed E-state index contributed by atoms with van der Waals surface area (Å²) in [5.41, 5.74) is 0.855. The van der Waals surface area contributed by atoms with Crippen molar-refractivity contribution in [3.8, 4) is 17.2 Å². The van der Waals surface area contributed by atoms with Gasteiger partial charge in [-0.1, -0.05) is 0 Å². The van der Waals surface area contributed by atoms with Gasteiger partial charge in [-0.15, -0.1) is 0 Å². The van der Waals surface area contributed by atoms with Gasteiger partial charge < -0.3 is 24.3 Å². The molecule has 0 fully saturated rings. The Labute approximate surface area is 102 Å². The Bertz CT molecular complexity index is 329. The molecular formula is C12H19NO4. The fourth-order valence-electron chi connectivity index (χ4n) is 1.42. The van der Waals surface area contributed by atoms with Crippen molar-refractivity contribution < 1.29 is 18.9 Å². The molecule has 0 saturated carbocycles. The molecule has 1 aromatic rings. The van der Waals surface area contributed by atoms with Gasteiger partial charge >= 0.3 is 0 Å². The van der Waals surface area contributed by atoms with Gasteiger partial charge in [-0.3, -0.25) is 0 Å². The van der Waals surface area contributed by atoms with Gasteiger partial charge in [0.2, 0.25) is 5.75 Å². The molecule has 0 aliphatic carbocycles. The first-order valence-electron chi connectivity index (χ1n) is 5.38. The van der Waals surface area contributed by atoms with E-state index in [2.05, 4.69) is 5.32 Å². The number of benzene rings is 1. The van der Waals surface area contributed by atoms with Gasteiger partial charge in [0, 0.05) is 24.4 Å². The third-order valence-corrected chi connectivity index (χ3v) is 2.25. The van der Waals surface area contributed by atoms with E-state index in [1.54, 1.807) is 21.3 Å². The SMILES string of the molecule is CCOCNc1cc(OC)c(OC)c(OC)c1. The van der Waals surface area contributed by atoms with Crippen LogP contribution >= 0.6 is 0 Å². The van der Waals surface area contributed by atoms with E-state index >= 15 is 0 Å². The summed E-state index contributed by atoms with van der Waals surface area (Å²) in [6.07, 6.45) is 0. The zero-order chi connectivity index (χ0) is 12.7. The molecule has 0 bridgehead atoms. The number of ether oxygens (including phenoxy) is 4. The molecule has 0 aliphatic rings. The van der Waals surface area contributed by atoms with Crippen LogP contribution in [0.1, 0.15) is 6.92 Å². The third kappa shape index (κ3) is 3.42. The lowest BCUT2D eigenvalue weighted by atomic mass is 10.2. The normalized spacial score (nSPS) is 9.88. The molecule has 17 heavy (non-hydrogen) atoms. The minimum Gasteiger partial charge on any atom is -0.493 e. The van der Waals surface area contributed by atoms with Crippen LogP contribution < -0.4 is 19.5 Å². The molecule has 1 N–H and O–H groups in total. The van der Waals surface area contributed by atoms with Crippen LogP contribution in [0.25, 0.3) is 0 Å². The maximum absolute atomic E-state index is 5.24. The Morgan fingerprint density at radius 2 is 1.59 bits per heavy atom. The Morgan fingerprint density at radius 3 is 2.00 bits per heavy atom. The Morgan fingerprint density at radius 1 is 1.00 bits per heavy atom. The molecule has 0 saturated heterocycles. The van der Waals surface area contributed by atoms with Crippen LogP contribution in [0.2, 0.25) is 0 Å². The lowest BCUT2D eigenvalue weighted by Crippen LogP contribution is -2.06. The number of methoxy groups -OCH3 is 3. The first-order valence-corrected chi connectivity index (χ1v) is 5.38. The number of rotatable bonds is 7. The quantitative estimate of drug-likeness (QED) is 0.585. The van der Waals surface area contributed by atoms with Crippen LogP contribution in [-0.2, 0) is 4.74 Å². The molecule has 0 aromatic heterocycles. The lowest BCUT2D eigenvalue weighted by molar-refractivity contribution is 0.167. The first-order chi connectivity index (χ1) is 8.26. The summed E-state index contributed by atoms with van der Waals surface area (Å²) in [6, 6.07) is 3.67. The zero-order valence-corrected chi connectivity index (χ0v) is 10.7. The van der Waals surface area contributed by atoms with Gasteiger partial charge in [0.15, 0.2) is 11.5 Å². The van der Waals surface area contributed by atoms with Crippen LogP contribution in [0.3, 0.4) is 0 Å². The maximum atomic E-state index is 5.24. The van der Waals surface area contributed by atoms with Crippen molar-refractivity contribution in [2.24, 2.45) is 0 Å². The van der Waals surface area contributed by atoms with Crippen LogP contribution in [0, 0.1) is 0 Å². The highest BCUT2D eigenvalue weighted by Gasteiger charge is 2.12. The molecule has 0 aliphatic heterocycles. The summed E-state index contributed by atoms with van der Waals surface area (Å²) in [6.45, 7) is 3.05. The smallest absolute Gasteiger partial charge is 0.203 e. The number of hydrogen-bond acceptors (Lipinski definition) is 5. The first kappa shape index (κ1) is 13.4. The molecule has 1 aromatic carbocycles. The largest absolute Gasteiger partial charge is 0.493 e. The molecule has 5 nitrogen and oxygen atoms in total. The molecule has 5 heteroatoms. The predicted molar refractivity (Wildman–Crippen MR) is 66.2 cm³/mol. The van der Waals surface area contributed by atoms with Crippen molar-refractivity contribution in [1.82, 2.24) is 0 Å². The van der Waals surface area contributed by atoms with E-state index in [1.807, 2.05) is 19.1 Å². The molecule has 1 rings (SSSR count). The second-order valence-electron chi connectivity index (χ2n) is 3.23. The van der Waals surface area contributed by atoms with E-state index in [9.17, 15) is 0 Å². The summed E-state index contributed by atoms with van der Waals surface area (Å²) < 4.78 is 20.9. The molecule has 0 heterocycles. The highest BCUT2D eigenvalue weighted by atomic mass is 16.5. The van der Waals surface area contributed by atoms with Crippen LogP contribution in [0.5, 0.6) is 17.2 Å². The summed E-state index contributed by atoms with van der Waals surface area (Å²) in [5.74, 6) is 1.81. The van der Waals surface area contributed by atoms with Crippen molar-refractivity contribution >= 4 is 5.69 Å². The van der Waals surface area contributed by atoms with Gasteiger partial charge in [0.25, 0.3) is 0 Å². The summed E-state index contributed by atoms with van der Waals surface area (Å²) in [4.78, 5) is 0. The molecule has 96 valence electrons. The van der Waals surface area contributed by atoms with Crippen molar-refractivity contribution in [1.29, 1.82) is 0 Å². The van der Waals surface area contributed by atoms with Gasteiger partial charge in [-0.25, -0.2) is 0 Å². The number of nitrogens with one attached hydrogen (secondary N) is 1. The second-order valence-corrected chi connectivity index (χ2v) is 3.23. The van der Waals surface area contributed by atoms with Crippen molar-refractivity contribution in [3.63, 3.8) is 0 Å². The van der Waals surface area contributed by atoms with E-state index in [1.165, 1.54) is 0 Å². The Hall–Kier alpha value is -1.62. The average Bonchev–Trinajstić information content (AvgIpc) is 2.37. The molecule has 0 amide bonds. The van der Waals surface area contributed by atoms with E-state index in [4.69, 9.17) is 18.9 Å². The highest BCUT2D eigenvalue weighted by molar-refractivity contribution is 5.62. The zero-order valence-electron chi connectivity index (χ0n) is 10.7. The standard InChI is InChI=1S/C12H19NO4/c1-5-17-8-13-9-6-10(14-2)12(16-4)11(7-9)15-3/h6-7,13H,5,8H2,1-4H3. The second kappa shape index (κ2) is 6.85. The number of hydrogen-bond donors (Lipinski definition) is 1. The van der Waals surface area contributed by atoms with Crippen LogP contribution in [-0.4, -0.2) is 34.7 Å². The van der Waals surface area contributed by atoms with Gasteiger partial charge in [0.05, 0.1) is 21.3 Å². The number of anilines is 1. The Kier molecular flexibility index (Phi) is 5.42. The minimum atomic E-state index is 0.440. The fraction of sp³-hybridized carbons (Fsp3) is 0.500. The summed E-state index contributed by atoms with van der Waals surface area (Å²) in [7, 11) is 4.75. The van der Waals surface area contributed by atoms with E-state index < -0.39 is 0 Å². The van der Waals surface area contributed by atoms with Crippen LogP contribution in [0.4, 0.5) is 5.69 Å². The molecular weight excluding hydrogens is 222 g/mol. The Balaban J connectivity index is 2.92. The van der Waals surface area contributed by atoms with Crippen molar-refractivity contribution in [2.45, 2.75) is 6.92 Å². The molecule has 0 radical (unpaired) electrons. The fourth-order valence-corrected chi connectivity index (χ4v) is 1.42. The third-order valence-electron chi connectivity index (χ3n) is 2.25. The van der Waals surface area contributed by atoms with Gasteiger partial charge in [0.1, 0.15) is 6.73 Å². The highest BCUT2D eigenvalue weighted by Crippen LogP contribution is 2.39. The topological polar surface area (TPSA) is 49.0 Å². The van der Waals surface area contributed by atoms with E-state index in [-0.39, 0.29) is 0 Å². The molecule has 0 spiro atoms. The predicted octanol–water partition coefficient (Wildman–Crippen LogP) is 2.12. The summed E-state index contributed by atoms with van der Waals surface area (Å²) >= 11 is 0. The minimum absolute atomic E-state index is 0.440. The summed E-state index contributed by atoms with van der Waals surface area (Å²) in [5, 5.41) is 3.11. The van der Waals surface area contributed by atoms with Gasteiger partial charge in [-0.2, -0.15) is 0 Å². The average molecular weight is 241 g/mol. The molecule has 0 atom stereocenters. The lowest BCUT2D eigenvalue weighted by Gasteiger charge is -2.14. The van der Waals surface area contributed by atoms with E-state index in [0.717, 1.165) is 5.69 Å². The van der Waals surface area contributed by atoms with Crippen molar-refractivity contribution in [2.75, 3.05) is 40.0 Å². The van der Waals surface area contributed by atoms with E-state index in [0.29, 0.717) is 30.6 Å². The van der Waals surface area contributed by atoms with Crippen LogP contribution in [0.15, 0.2) is 12.1 Å². The maximum Gasteiger partial charge on any atom is 0.203 e. The van der Waals surface area contributed by atoms with Crippen molar-refractivity contribution in [3.05, 3.63) is 12.1 Å². The molecule has 0 unspecified atom stereocenters. The monoisotopic (exact) mass is 241 g/mol. The van der Waals surface area contributed by atoms with Gasteiger partial charge in [-0.05, 0) is 6.92 Å².